The molecular weight excluding hydrogens is 378 g/mol. The molecule has 3 rings (SSSR count). The van der Waals surface area contributed by atoms with Gasteiger partial charge in [-0.3, -0.25) is 14.5 Å². The van der Waals surface area contributed by atoms with Crippen LogP contribution in [0.5, 0.6) is 5.75 Å². The third kappa shape index (κ3) is 4.69. The third-order valence-electron chi connectivity index (χ3n) is 4.24. The van der Waals surface area contributed by atoms with Crippen LogP contribution in [0.4, 0.5) is 0 Å². The van der Waals surface area contributed by atoms with Crippen molar-refractivity contribution in [3.05, 3.63) is 59.7 Å². The van der Waals surface area contributed by atoms with E-state index in [2.05, 4.69) is 15.0 Å². The zero-order chi connectivity index (χ0) is 20.1. The van der Waals surface area contributed by atoms with Gasteiger partial charge < -0.3 is 10.1 Å². The van der Waals surface area contributed by atoms with E-state index in [1.165, 1.54) is 6.07 Å². The van der Waals surface area contributed by atoms with E-state index in [-0.39, 0.29) is 16.6 Å². The number of sulfonamides is 1. The van der Waals surface area contributed by atoms with Gasteiger partial charge in [-0.1, -0.05) is 24.3 Å². The first kappa shape index (κ1) is 19.9. The second-order valence-electron chi connectivity index (χ2n) is 6.56. The highest BCUT2D eigenvalue weighted by atomic mass is 32.2. The average Bonchev–Trinajstić information content (AvgIpc) is 2.92. The van der Waals surface area contributed by atoms with Crippen LogP contribution in [0.15, 0.2) is 58.4 Å². The fraction of sp³-hybridized carbons (Fsp3) is 0.300. The van der Waals surface area contributed by atoms with Crippen molar-refractivity contribution in [1.82, 2.24) is 10.0 Å². The number of aliphatic imine (C=N–C) groups is 1. The van der Waals surface area contributed by atoms with Gasteiger partial charge in [0.25, 0.3) is 10.0 Å². The van der Waals surface area contributed by atoms with Gasteiger partial charge in [0.05, 0.1) is 11.5 Å². The number of nitrogens with one attached hydrogen (secondary N) is 2. The normalized spacial score (nSPS) is 16.9. The summed E-state index contributed by atoms with van der Waals surface area (Å²) < 4.78 is 32.2. The van der Waals surface area contributed by atoms with Crippen LogP contribution in [0.25, 0.3) is 0 Å². The summed E-state index contributed by atoms with van der Waals surface area (Å²) in [5.41, 5.74) is 1.61. The highest BCUT2D eigenvalue weighted by Gasteiger charge is 2.31. The van der Waals surface area contributed by atoms with E-state index in [0.717, 1.165) is 11.3 Å². The molecule has 0 saturated carbocycles. The molecule has 28 heavy (non-hydrogen) atoms. The topological polar surface area (TPSA) is 96.9 Å². The minimum Gasteiger partial charge on any atom is -0.494 e. The van der Waals surface area contributed by atoms with Crippen LogP contribution in [-0.2, 0) is 14.8 Å². The van der Waals surface area contributed by atoms with Crippen molar-refractivity contribution in [3.63, 3.8) is 0 Å². The molecule has 0 aromatic heterocycles. The smallest absolute Gasteiger partial charge is 0.263 e. The Bertz CT molecular complexity index is 1000. The van der Waals surface area contributed by atoms with Gasteiger partial charge in [0.2, 0.25) is 5.91 Å². The summed E-state index contributed by atoms with van der Waals surface area (Å²) >= 11 is 0. The van der Waals surface area contributed by atoms with Gasteiger partial charge in [-0.25, -0.2) is 8.42 Å². The van der Waals surface area contributed by atoms with E-state index < -0.39 is 16.1 Å². The van der Waals surface area contributed by atoms with Crippen LogP contribution in [0.2, 0.25) is 0 Å². The predicted molar refractivity (Wildman–Crippen MR) is 107 cm³/mol. The van der Waals surface area contributed by atoms with E-state index in [0.29, 0.717) is 25.1 Å². The van der Waals surface area contributed by atoms with Crippen LogP contribution in [0.3, 0.4) is 0 Å². The van der Waals surface area contributed by atoms with Gasteiger partial charge in [0.15, 0.2) is 0 Å². The lowest BCUT2D eigenvalue weighted by Gasteiger charge is -2.10. The molecule has 0 fully saturated rings. The number of rotatable bonds is 7. The van der Waals surface area contributed by atoms with Gasteiger partial charge in [-0.2, -0.15) is 0 Å². The van der Waals surface area contributed by atoms with Crippen LogP contribution in [0, 0.1) is 6.92 Å². The predicted octanol–water partition coefficient (Wildman–Crippen LogP) is 2.01. The van der Waals surface area contributed by atoms with Crippen LogP contribution >= 0.6 is 0 Å². The Morgan fingerprint density at radius 1 is 1.21 bits per heavy atom. The molecule has 0 aliphatic carbocycles. The standard InChI is InChI=1S/C20H23N3O4S/c1-14-7-5-8-16(13-14)27-12-6-11-21-20(24)15(2)22-19-17-9-3-4-10-18(17)28(25,26)23-19/h3-5,7-10,13,15H,6,11-12H2,1-2H3,(H,21,24)(H,22,23)/t15-/m0/s1. The van der Waals surface area contributed by atoms with E-state index >= 15 is 0 Å². The molecule has 1 atom stereocenters. The Morgan fingerprint density at radius 3 is 2.79 bits per heavy atom. The summed E-state index contributed by atoms with van der Waals surface area (Å²) in [4.78, 5) is 16.7. The summed E-state index contributed by atoms with van der Waals surface area (Å²) in [6, 6.07) is 13.6. The Hall–Kier alpha value is -2.87. The highest BCUT2D eigenvalue weighted by molar-refractivity contribution is 7.90. The molecular formula is C20H23N3O4S. The molecule has 2 aromatic carbocycles. The fourth-order valence-electron chi connectivity index (χ4n) is 2.81. The minimum absolute atomic E-state index is 0.176. The second kappa shape index (κ2) is 8.43. The maximum absolute atomic E-state index is 12.2. The number of carbonyl (C=O) groups excluding carboxylic acids is 1. The Labute approximate surface area is 164 Å². The molecule has 1 heterocycles. The molecule has 1 amide bonds. The quantitative estimate of drug-likeness (QED) is 0.694. The number of benzene rings is 2. The summed E-state index contributed by atoms with van der Waals surface area (Å²) in [6.07, 6.45) is 0.651. The number of aryl methyl sites for hydroxylation is 1. The average molecular weight is 401 g/mol. The number of carbonyl (C=O) groups is 1. The van der Waals surface area contributed by atoms with Gasteiger partial charge in [0.1, 0.15) is 17.6 Å². The number of amidine groups is 1. The number of fused-ring (bicyclic) bond motifs is 1. The maximum Gasteiger partial charge on any atom is 0.263 e. The monoisotopic (exact) mass is 401 g/mol. The van der Waals surface area contributed by atoms with Gasteiger partial charge in [0, 0.05) is 12.1 Å². The van der Waals surface area contributed by atoms with Gasteiger partial charge in [-0.05, 0) is 50.1 Å². The molecule has 0 bridgehead atoms. The molecule has 0 saturated heterocycles. The minimum atomic E-state index is -3.61. The first-order valence-corrected chi connectivity index (χ1v) is 10.5. The Morgan fingerprint density at radius 2 is 2.00 bits per heavy atom. The number of ether oxygens (including phenoxy) is 1. The van der Waals surface area contributed by atoms with Crippen molar-refractivity contribution in [1.29, 1.82) is 0 Å². The summed E-state index contributed by atoms with van der Waals surface area (Å²) in [5, 5.41) is 2.80. The fourth-order valence-corrected chi connectivity index (χ4v) is 4.05. The molecule has 148 valence electrons. The largest absolute Gasteiger partial charge is 0.494 e. The van der Waals surface area contributed by atoms with E-state index in [1.54, 1.807) is 25.1 Å². The molecule has 1 aliphatic rings. The van der Waals surface area contributed by atoms with Gasteiger partial charge >= 0.3 is 0 Å². The molecule has 0 radical (unpaired) electrons. The molecule has 2 N–H and O–H groups in total. The molecule has 1 aliphatic heterocycles. The van der Waals surface area contributed by atoms with Crippen LogP contribution in [0.1, 0.15) is 24.5 Å². The Balaban J connectivity index is 1.49. The molecule has 2 aromatic rings. The number of hydrogen-bond acceptors (Lipinski definition) is 5. The first-order valence-electron chi connectivity index (χ1n) is 9.04. The van der Waals surface area contributed by atoms with E-state index in [9.17, 15) is 13.2 Å². The number of nitrogens with zero attached hydrogens (tertiary/aromatic N) is 1. The molecule has 0 unspecified atom stereocenters. The van der Waals surface area contributed by atoms with Crippen LogP contribution < -0.4 is 14.8 Å². The zero-order valence-corrected chi connectivity index (χ0v) is 16.6. The molecule has 8 heteroatoms. The highest BCUT2D eigenvalue weighted by Crippen LogP contribution is 2.22. The second-order valence-corrected chi connectivity index (χ2v) is 8.22. The van der Waals surface area contributed by atoms with E-state index in [1.807, 2.05) is 31.2 Å². The Kier molecular flexibility index (Phi) is 5.99. The zero-order valence-electron chi connectivity index (χ0n) is 15.8. The summed E-state index contributed by atoms with van der Waals surface area (Å²) in [6.45, 7) is 4.56. The lowest BCUT2D eigenvalue weighted by molar-refractivity contribution is -0.121. The van der Waals surface area contributed by atoms with Crippen molar-refractivity contribution < 1.29 is 17.9 Å². The number of amides is 1. The van der Waals surface area contributed by atoms with Crippen molar-refractivity contribution in [2.45, 2.75) is 31.2 Å². The lowest BCUT2D eigenvalue weighted by atomic mass is 10.2. The molecule has 7 nitrogen and oxygen atoms in total. The first-order chi connectivity index (χ1) is 13.4. The summed E-state index contributed by atoms with van der Waals surface area (Å²) in [7, 11) is -3.61. The van der Waals surface area contributed by atoms with Crippen molar-refractivity contribution >= 4 is 21.8 Å². The SMILES string of the molecule is Cc1cccc(OCCCNC(=O)[C@H](C)N=C2NS(=O)(=O)c3ccccc32)c1. The van der Waals surface area contributed by atoms with E-state index in [4.69, 9.17) is 4.74 Å². The van der Waals surface area contributed by atoms with Crippen molar-refractivity contribution in [3.8, 4) is 5.75 Å². The van der Waals surface area contributed by atoms with Crippen LogP contribution in [-0.4, -0.2) is 39.4 Å². The van der Waals surface area contributed by atoms with Gasteiger partial charge in [-0.15, -0.1) is 0 Å². The third-order valence-corrected chi connectivity index (χ3v) is 5.64. The summed E-state index contributed by atoms with van der Waals surface area (Å²) in [5.74, 6) is 0.728. The lowest BCUT2D eigenvalue weighted by Crippen LogP contribution is -2.34. The number of hydrogen-bond donors (Lipinski definition) is 2. The molecule has 0 spiro atoms. The van der Waals surface area contributed by atoms with Crippen molar-refractivity contribution in [2.75, 3.05) is 13.2 Å². The van der Waals surface area contributed by atoms with Crippen molar-refractivity contribution in [2.24, 2.45) is 4.99 Å². The maximum atomic E-state index is 12.2.